The molecule has 0 amide bonds. The van der Waals surface area contributed by atoms with Crippen molar-refractivity contribution in [2.75, 3.05) is 35.7 Å². The van der Waals surface area contributed by atoms with Gasteiger partial charge in [-0.25, -0.2) is 18.5 Å². The molecule has 0 atom stereocenters. The monoisotopic (exact) mass is 440 g/mol. The van der Waals surface area contributed by atoms with E-state index in [1.54, 1.807) is 24.4 Å². The van der Waals surface area contributed by atoms with Crippen LogP contribution in [0.2, 0.25) is 0 Å². The lowest BCUT2D eigenvalue weighted by atomic mass is 10.1. The molecule has 2 heterocycles. The predicted octanol–water partition coefficient (Wildman–Crippen LogP) is 3.00. The Bertz CT molecular complexity index is 1220. The van der Waals surface area contributed by atoms with Crippen molar-refractivity contribution in [3.05, 3.63) is 54.2 Å². The van der Waals surface area contributed by atoms with Crippen LogP contribution in [-0.2, 0) is 16.4 Å². The van der Waals surface area contributed by atoms with E-state index < -0.39 is 10.0 Å². The Hall–Kier alpha value is -3.37. The number of ether oxygens (including phenoxy) is 1. The van der Waals surface area contributed by atoms with Gasteiger partial charge in [0, 0.05) is 30.7 Å². The largest absolute Gasteiger partial charge is 0.495 e. The Morgan fingerprint density at radius 1 is 1.19 bits per heavy atom. The molecular weight excluding hydrogens is 416 g/mol. The number of hydrogen-bond acceptors (Lipinski definition) is 8. The van der Waals surface area contributed by atoms with Crippen molar-refractivity contribution in [3.63, 3.8) is 0 Å². The third-order valence-corrected chi connectivity index (χ3v) is 6.11. The summed E-state index contributed by atoms with van der Waals surface area (Å²) in [5, 5.41) is 11.6. The number of nitrogens with one attached hydrogen (secondary N) is 2. The smallest absolute Gasteiger partial charge is 0.243 e. The van der Waals surface area contributed by atoms with E-state index in [9.17, 15) is 8.42 Å². The number of benzene rings is 2. The third-order valence-electron chi connectivity index (χ3n) is 5.12. The third kappa shape index (κ3) is 4.39. The average Bonchev–Trinajstić information content (AvgIpc) is 3.15. The van der Waals surface area contributed by atoms with Gasteiger partial charge in [-0.05, 0) is 49.2 Å². The number of rotatable bonds is 7. The van der Waals surface area contributed by atoms with Crippen LogP contribution in [0.1, 0.15) is 12.5 Å². The lowest BCUT2D eigenvalue weighted by Crippen LogP contribution is -2.19. The molecule has 1 aliphatic rings. The number of methoxy groups -OCH3 is 1. The molecular formula is C21H24N6O3S. The molecule has 0 saturated heterocycles. The molecule has 1 aliphatic heterocycles. The molecule has 9 nitrogen and oxygen atoms in total. The summed E-state index contributed by atoms with van der Waals surface area (Å²) in [6.45, 7) is 4.12. The van der Waals surface area contributed by atoms with Crippen molar-refractivity contribution in [1.29, 1.82) is 0 Å². The summed E-state index contributed by atoms with van der Waals surface area (Å²) >= 11 is 0. The average molecular weight is 441 g/mol. The lowest BCUT2D eigenvalue weighted by Gasteiger charge is -2.17. The van der Waals surface area contributed by atoms with E-state index >= 15 is 0 Å². The topological polar surface area (TPSA) is 122 Å². The number of aromatic nitrogens is 2. The summed E-state index contributed by atoms with van der Waals surface area (Å²) in [6.07, 6.45) is 2.63. The molecule has 0 fully saturated rings. The maximum atomic E-state index is 12.1. The number of nitrogens with zero attached hydrogens (tertiary/aromatic N) is 3. The second-order valence-electron chi connectivity index (χ2n) is 7.07. The van der Waals surface area contributed by atoms with Crippen LogP contribution >= 0.6 is 0 Å². The van der Waals surface area contributed by atoms with Gasteiger partial charge in [-0.1, -0.05) is 12.1 Å². The summed E-state index contributed by atoms with van der Waals surface area (Å²) in [4.78, 5) is 10.9. The fourth-order valence-electron chi connectivity index (χ4n) is 3.68. The Kier molecular flexibility index (Phi) is 5.66. The molecule has 0 bridgehead atoms. The highest BCUT2D eigenvalue weighted by molar-refractivity contribution is 7.89. The Morgan fingerprint density at radius 3 is 2.77 bits per heavy atom. The summed E-state index contributed by atoms with van der Waals surface area (Å²) in [7, 11) is -2.63. The number of likely N-dealkylation sites (N-methyl/N-ethyl adjacent to an activating group) is 1. The molecule has 10 heteroatoms. The normalized spacial score (nSPS) is 13.1. The van der Waals surface area contributed by atoms with E-state index in [0.29, 0.717) is 11.8 Å². The second-order valence-corrected chi connectivity index (χ2v) is 8.57. The zero-order chi connectivity index (χ0) is 22.0. The molecule has 0 spiro atoms. The van der Waals surface area contributed by atoms with Crippen molar-refractivity contribution in [2.45, 2.75) is 18.2 Å². The van der Waals surface area contributed by atoms with Gasteiger partial charge in [0.2, 0.25) is 16.0 Å². The molecule has 0 aliphatic carbocycles. The molecule has 4 N–H and O–H groups in total. The van der Waals surface area contributed by atoms with Crippen LogP contribution in [0, 0.1) is 0 Å². The quantitative estimate of drug-likeness (QED) is 0.512. The Balaban J connectivity index is 1.60. The number of fused-ring (bicyclic) bond motifs is 1. The van der Waals surface area contributed by atoms with E-state index in [1.807, 2.05) is 6.07 Å². The molecule has 31 heavy (non-hydrogen) atoms. The molecule has 0 unspecified atom stereocenters. The predicted molar refractivity (Wildman–Crippen MR) is 121 cm³/mol. The van der Waals surface area contributed by atoms with Gasteiger partial charge in [-0.15, -0.1) is 0 Å². The standard InChI is InChI=1S/C21H24N6O3S/c1-3-27-12-10-14-7-8-15(13-17(14)27)24-21-23-11-9-19(26-21)25-16-5-4-6-18(30-2)20(16)31(22,28)29/h4-9,11,13H,3,10,12H2,1-2H3,(H2,22,28,29)(H2,23,24,25,26). The highest BCUT2D eigenvalue weighted by Gasteiger charge is 2.21. The zero-order valence-electron chi connectivity index (χ0n) is 17.3. The minimum atomic E-state index is -4.02. The first-order valence-corrected chi connectivity index (χ1v) is 11.4. The molecule has 0 saturated carbocycles. The summed E-state index contributed by atoms with van der Waals surface area (Å²) in [5.74, 6) is 0.941. The summed E-state index contributed by atoms with van der Waals surface area (Å²) in [6, 6.07) is 12.6. The number of primary sulfonamides is 1. The zero-order valence-corrected chi connectivity index (χ0v) is 18.1. The highest BCUT2D eigenvalue weighted by atomic mass is 32.2. The van der Waals surface area contributed by atoms with Gasteiger partial charge in [0.25, 0.3) is 0 Å². The molecule has 2 aromatic carbocycles. The van der Waals surface area contributed by atoms with Crippen LogP contribution in [0.3, 0.4) is 0 Å². The lowest BCUT2D eigenvalue weighted by molar-refractivity contribution is 0.403. The molecule has 4 rings (SSSR count). The maximum Gasteiger partial charge on any atom is 0.243 e. The van der Waals surface area contributed by atoms with Crippen molar-refractivity contribution in [2.24, 2.45) is 5.14 Å². The Morgan fingerprint density at radius 2 is 2.03 bits per heavy atom. The number of nitrogens with two attached hydrogens (primary N) is 1. The van der Waals surface area contributed by atoms with Gasteiger partial charge in [0.15, 0.2) is 0 Å². The fraction of sp³-hybridized carbons (Fsp3) is 0.238. The minimum absolute atomic E-state index is 0.135. The first-order valence-electron chi connectivity index (χ1n) is 9.84. The van der Waals surface area contributed by atoms with Crippen LogP contribution in [0.5, 0.6) is 5.75 Å². The van der Waals surface area contributed by atoms with Crippen LogP contribution in [0.4, 0.5) is 28.8 Å². The van der Waals surface area contributed by atoms with E-state index in [-0.39, 0.29) is 16.3 Å². The van der Waals surface area contributed by atoms with Gasteiger partial charge in [0.1, 0.15) is 16.5 Å². The SMILES string of the molecule is CCN1CCc2ccc(Nc3nccc(Nc4cccc(OC)c4S(N)(=O)=O)n3)cc21. The van der Waals surface area contributed by atoms with Gasteiger partial charge < -0.3 is 20.3 Å². The molecule has 1 aromatic heterocycles. The van der Waals surface area contributed by atoms with Crippen LogP contribution < -0.4 is 25.4 Å². The number of hydrogen-bond donors (Lipinski definition) is 3. The first kappa shape index (κ1) is 20.9. The summed E-state index contributed by atoms with van der Waals surface area (Å²) in [5.41, 5.74) is 3.69. The number of sulfonamides is 1. The van der Waals surface area contributed by atoms with Gasteiger partial charge in [-0.2, -0.15) is 4.98 Å². The van der Waals surface area contributed by atoms with Gasteiger partial charge in [-0.3, -0.25) is 0 Å². The Labute approximate surface area is 181 Å². The van der Waals surface area contributed by atoms with E-state index in [0.717, 1.165) is 25.2 Å². The molecule has 3 aromatic rings. The fourth-order valence-corrected chi connectivity index (χ4v) is 4.53. The van der Waals surface area contributed by atoms with Gasteiger partial charge >= 0.3 is 0 Å². The van der Waals surface area contributed by atoms with Crippen LogP contribution in [0.15, 0.2) is 53.6 Å². The molecule has 0 radical (unpaired) electrons. The van der Waals surface area contributed by atoms with E-state index in [2.05, 4.69) is 44.6 Å². The van der Waals surface area contributed by atoms with Crippen molar-refractivity contribution < 1.29 is 13.2 Å². The maximum absolute atomic E-state index is 12.1. The molecule has 162 valence electrons. The van der Waals surface area contributed by atoms with Crippen LogP contribution in [0.25, 0.3) is 0 Å². The first-order chi connectivity index (χ1) is 14.9. The van der Waals surface area contributed by atoms with Crippen LogP contribution in [-0.4, -0.2) is 38.6 Å². The second kappa shape index (κ2) is 8.40. The van der Waals surface area contributed by atoms with E-state index in [1.165, 1.54) is 24.4 Å². The highest BCUT2D eigenvalue weighted by Crippen LogP contribution is 2.33. The number of anilines is 5. The van der Waals surface area contributed by atoms with Crippen molar-refractivity contribution in [3.8, 4) is 5.75 Å². The summed E-state index contributed by atoms with van der Waals surface area (Å²) < 4.78 is 29.3. The van der Waals surface area contributed by atoms with Crippen molar-refractivity contribution in [1.82, 2.24) is 9.97 Å². The minimum Gasteiger partial charge on any atom is -0.495 e. The van der Waals surface area contributed by atoms with E-state index in [4.69, 9.17) is 9.88 Å². The van der Waals surface area contributed by atoms with Gasteiger partial charge in [0.05, 0.1) is 12.8 Å². The van der Waals surface area contributed by atoms with Crippen molar-refractivity contribution >= 4 is 38.9 Å².